The SMILES string of the molecule is CCCNC(c1ccc(F)c(F)c1)c1nccn1C. The molecule has 0 aliphatic carbocycles. The molecule has 0 fully saturated rings. The molecular weight excluding hydrogens is 248 g/mol. The molecule has 19 heavy (non-hydrogen) atoms. The molecule has 1 atom stereocenters. The van der Waals surface area contributed by atoms with Gasteiger partial charge in [-0.3, -0.25) is 0 Å². The van der Waals surface area contributed by atoms with Gasteiger partial charge in [0.1, 0.15) is 5.82 Å². The van der Waals surface area contributed by atoms with Crippen molar-refractivity contribution < 1.29 is 8.78 Å². The minimum absolute atomic E-state index is 0.241. The van der Waals surface area contributed by atoms with Gasteiger partial charge in [0, 0.05) is 19.4 Å². The van der Waals surface area contributed by atoms with Gasteiger partial charge >= 0.3 is 0 Å². The summed E-state index contributed by atoms with van der Waals surface area (Å²) in [7, 11) is 1.88. The van der Waals surface area contributed by atoms with Gasteiger partial charge in [0.2, 0.25) is 0 Å². The first-order chi connectivity index (χ1) is 9.13. The Kier molecular flexibility index (Phi) is 4.27. The van der Waals surface area contributed by atoms with Crippen molar-refractivity contribution in [1.82, 2.24) is 14.9 Å². The molecule has 0 aliphatic heterocycles. The lowest BCUT2D eigenvalue weighted by molar-refractivity contribution is 0.499. The maximum atomic E-state index is 13.4. The molecule has 0 aliphatic rings. The van der Waals surface area contributed by atoms with Crippen LogP contribution in [-0.4, -0.2) is 16.1 Å². The lowest BCUT2D eigenvalue weighted by atomic mass is 10.1. The zero-order valence-electron chi connectivity index (χ0n) is 11.0. The molecule has 0 saturated heterocycles. The van der Waals surface area contributed by atoms with E-state index in [-0.39, 0.29) is 6.04 Å². The zero-order chi connectivity index (χ0) is 13.8. The van der Waals surface area contributed by atoms with Crippen LogP contribution >= 0.6 is 0 Å². The Balaban J connectivity index is 2.37. The van der Waals surface area contributed by atoms with E-state index in [4.69, 9.17) is 0 Å². The Hall–Kier alpha value is -1.75. The second-order valence-electron chi connectivity index (χ2n) is 4.46. The summed E-state index contributed by atoms with van der Waals surface area (Å²) >= 11 is 0. The maximum Gasteiger partial charge on any atom is 0.159 e. The molecule has 1 unspecified atom stereocenters. The minimum atomic E-state index is -0.838. The van der Waals surface area contributed by atoms with Crippen LogP contribution in [0.5, 0.6) is 0 Å². The molecular formula is C14H17F2N3. The summed E-state index contributed by atoms with van der Waals surface area (Å²) in [6, 6.07) is 3.71. The number of benzene rings is 1. The maximum absolute atomic E-state index is 13.4. The predicted octanol–water partition coefficient (Wildman–Crippen LogP) is 2.79. The van der Waals surface area contributed by atoms with E-state index in [1.807, 2.05) is 24.7 Å². The van der Waals surface area contributed by atoms with Crippen molar-refractivity contribution in [3.63, 3.8) is 0 Å². The fourth-order valence-corrected chi connectivity index (χ4v) is 1.99. The highest BCUT2D eigenvalue weighted by molar-refractivity contribution is 5.26. The van der Waals surface area contributed by atoms with Crippen molar-refractivity contribution in [2.24, 2.45) is 7.05 Å². The average molecular weight is 265 g/mol. The minimum Gasteiger partial charge on any atom is -0.336 e. The number of aromatic nitrogens is 2. The Morgan fingerprint density at radius 1 is 1.32 bits per heavy atom. The van der Waals surface area contributed by atoms with Gasteiger partial charge in [-0.15, -0.1) is 0 Å². The van der Waals surface area contributed by atoms with Crippen LogP contribution in [-0.2, 0) is 7.05 Å². The van der Waals surface area contributed by atoms with Crippen LogP contribution in [0.25, 0.3) is 0 Å². The molecule has 3 nitrogen and oxygen atoms in total. The van der Waals surface area contributed by atoms with Crippen molar-refractivity contribution in [2.45, 2.75) is 19.4 Å². The fraction of sp³-hybridized carbons (Fsp3) is 0.357. The van der Waals surface area contributed by atoms with Gasteiger partial charge < -0.3 is 9.88 Å². The number of hydrogen-bond acceptors (Lipinski definition) is 2. The molecule has 2 aromatic rings. The zero-order valence-corrected chi connectivity index (χ0v) is 11.0. The van der Waals surface area contributed by atoms with E-state index >= 15 is 0 Å². The highest BCUT2D eigenvalue weighted by Gasteiger charge is 2.18. The van der Waals surface area contributed by atoms with Crippen molar-refractivity contribution in [3.05, 3.63) is 53.6 Å². The van der Waals surface area contributed by atoms with Gasteiger partial charge in [-0.05, 0) is 30.7 Å². The monoisotopic (exact) mass is 265 g/mol. The molecule has 0 radical (unpaired) electrons. The Bertz CT molecular complexity index is 551. The molecule has 1 aromatic carbocycles. The van der Waals surface area contributed by atoms with E-state index in [0.717, 1.165) is 24.9 Å². The molecule has 0 saturated carbocycles. The van der Waals surface area contributed by atoms with Crippen LogP contribution in [0.4, 0.5) is 8.78 Å². The standard InChI is InChI=1S/C14H17F2N3/c1-3-6-17-13(14-18-7-8-19(14)2)10-4-5-11(15)12(16)9-10/h4-5,7-9,13,17H,3,6H2,1-2H3. The van der Waals surface area contributed by atoms with Crippen LogP contribution in [0.1, 0.15) is 30.8 Å². The first-order valence-corrected chi connectivity index (χ1v) is 6.29. The van der Waals surface area contributed by atoms with Crippen LogP contribution in [0.15, 0.2) is 30.6 Å². The van der Waals surface area contributed by atoms with Crippen LogP contribution < -0.4 is 5.32 Å². The summed E-state index contributed by atoms with van der Waals surface area (Å²) in [6.07, 6.45) is 4.47. The summed E-state index contributed by atoms with van der Waals surface area (Å²) in [4.78, 5) is 4.28. The van der Waals surface area contributed by atoms with E-state index in [0.29, 0.717) is 5.56 Å². The lowest BCUT2D eigenvalue weighted by Gasteiger charge is -2.19. The number of nitrogens with zero attached hydrogens (tertiary/aromatic N) is 2. The topological polar surface area (TPSA) is 29.9 Å². The molecule has 0 spiro atoms. The third-order valence-corrected chi connectivity index (χ3v) is 2.99. The van der Waals surface area contributed by atoms with Crippen LogP contribution in [0.2, 0.25) is 0 Å². The smallest absolute Gasteiger partial charge is 0.159 e. The second kappa shape index (κ2) is 5.93. The van der Waals surface area contributed by atoms with Gasteiger partial charge in [0.25, 0.3) is 0 Å². The number of rotatable bonds is 5. The number of hydrogen-bond donors (Lipinski definition) is 1. The highest BCUT2D eigenvalue weighted by atomic mass is 19.2. The van der Waals surface area contributed by atoms with Crippen LogP contribution in [0.3, 0.4) is 0 Å². The third kappa shape index (κ3) is 2.98. The molecule has 1 N–H and O–H groups in total. The number of imidazole rings is 1. The summed E-state index contributed by atoms with van der Waals surface area (Å²) in [5, 5.41) is 3.30. The third-order valence-electron chi connectivity index (χ3n) is 2.99. The molecule has 1 heterocycles. The largest absolute Gasteiger partial charge is 0.336 e. The van der Waals surface area contributed by atoms with Gasteiger partial charge in [-0.2, -0.15) is 0 Å². The van der Waals surface area contributed by atoms with E-state index < -0.39 is 11.6 Å². The molecule has 2 rings (SSSR count). The number of halogens is 2. The summed E-state index contributed by atoms with van der Waals surface area (Å²) in [6.45, 7) is 2.82. The normalized spacial score (nSPS) is 12.6. The molecule has 0 bridgehead atoms. The van der Waals surface area contributed by atoms with Gasteiger partial charge in [0.15, 0.2) is 11.6 Å². The molecule has 0 amide bonds. The first-order valence-electron chi connectivity index (χ1n) is 6.29. The second-order valence-corrected chi connectivity index (χ2v) is 4.46. The van der Waals surface area contributed by atoms with Crippen molar-refractivity contribution in [3.8, 4) is 0 Å². The van der Waals surface area contributed by atoms with E-state index in [1.54, 1.807) is 12.3 Å². The van der Waals surface area contributed by atoms with Crippen molar-refractivity contribution in [1.29, 1.82) is 0 Å². The average Bonchev–Trinajstić information content (AvgIpc) is 2.80. The first kappa shape index (κ1) is 13.7. The fourth-order valence-electron chi connectivity index (χ4n) is 1.99. The van der Waals surface area contributed by atoms with Gasteiger partial charge in [-0.1, -0.05) is 13.0 Å². The molecule has 1 aromatic heterocycles. The van der Waals surface area contributed by atoms with Gasteiger partial charge in [-0.25, -0.2) is 13.8 Å². The molecule has 102 valence electrons. The number of nitrogens with one attached hydrogen (secondary N) is 1. The Labute approximate surface area is 111 Å². The van der Waals surface area contributed by atoms with E-state index in [9.17, 15) is 8.78 Å². The summed E-state index contributed by atoms with van der Waals surface area (Å²) in [5.41, 5.74) is 0.668. The summed E-state index contributed by atoms with van der Waals surface area (Å²) < 4.78 is 28.3. The Morgan fingerprint density at radius 3 is 2.68 bits per heavy atom. The van der Waals surface area contributed by atoms with Crippen molar-refractivity contribution >= 4 is 0 Å². The van der Waals surface area contributed by atoms with E-state index in [1.165, 1.54) is 6.07 Å². The Morgan fingerprint density at radius 2 is 2.11 bits per heavy atom. The number of aryl methyl sites for hydroxylation is 1. The highest BCUT2D eigenvalue weighted by Crippen LogP contribution is 2.22. The molecule has 5 heteroatoms. The lowest BCUT2D eigenvalue weighted by Crippen LogP contribution is -2.26. The predicted molar refractivity (Wildman–Crippen MR) is 69.7 cm³/mol. The summed E-state index contributed by atoms with van der Waals surface area (Å²) in [5.74, 6) is -0.896. The van der Waals surface area contributed by atoms with Gasteiger partial charge in [0.05, 0.1) is 6.04 Å². The van der Waals surface area contributed by atoms with E-state index in [2.05, 4.69) is 10.3 Å². The van der Waals surface area contributed by atoms with Crippen LogP contribution in [0, 0.1) is 11.6 Å². The van der Waals surface area contributed by atoms with Crippen molar-refractivity contribution in [2.75, 3.05) is 6.54 Å². The quantitative estimate of drug-likeness (QED) is 0.901.